The molecular formula is C23H29N3O6S2. The number of piperazine rings is 1. The molecule has 1 aliphatic rings. The standard InChI is InChI=1S/C23H29N3O6S2/c1-16(2)25(14-18-7-5-4-6-8-18)23(30)20-15-24(17(3)27)11-12-26(20)34(31,32)22-10-9-19(33-22)13-21(28)29/h4-10,16,20H,11-15H2,1-3H3,(H,28,29). The summed E-state index contributed by atoms with van der Waals surface area (Å²) in [6, 6.07) is 11.0. The first kappa shape index (κ1) is 25.9. The largest absolute Gasteiger partial charge is 0.481 e. The summed E-state index contributed by atoms with van der Waals surface area (Å²) >= 11 is 0.884. The highest BCUT2D eigenvalue weighted by atomic mass is 32.2. The van der Waals surface area contributed by atoms with Crippen LogP contribution in [0, 0.1) is 0 Å². The Hall–Kier alpha value is -2.76. The predicted octanol–water partition coefficient (Wildman–Crippen LogP) is 2.03. The van der Waals surface area contributed by atoms with Gasteiger partial charge in [-0.25, -0.2) is 8.42 Å². The van der Waals surface area contributed by atoms with E-state index in [0.717, 1.165) is 21.2 Å². The van der Waals surface area contributed by atoms with Gasteiger partial charge in [-0.3, -0.25) is 14.4 Å². The zero-order valence-electron chi connectivity index (χ0n) is 19.4. The molecule has 1 aromatic carbocycles. The van der Waals surface area contributed by atoms with Crippen LogP contribution in [0.2, 0.25) is 0 Å². The SMILES string of the molecule is CC(=O)N1CCN(S(=O)(=O)c2ccc(CC(=O)O)s2)C(C(=O)N(Cc2ccccc2)C(C)C)C1. The van der Waals surface area contributed by atoms with E-state index in [1.165, 1.54) is 24.0 Å². The van der Waals surface area contributed by atoms with Crippen LogP contribution in [0.3, 0.4) is 0 Å². The number of rotatable bonds is 8. The van der Waals surface area contributed by atoms with Crippen molar-refractivity contribution < 1.29 is 27.9 Å². The topological polar surface area (TPSA) is 115 Å². The van der Waals surface area contributed by atoms with E-state index in [0.29, 0.717) is 11.4 Å². The molecule has 2 heterocycles. The van der Waals surface area contributed by atoms with Crippen LogP contribution in [-0.2, 0) is 37.4 Å². The number of carbonyl (C=O) groups excluding carboxylic acids is 2. The van der Waals surface area contributed by atoms with E-state index in [1.807, 2.05) is 44.2 Å². The number of aliphatic carboxylic acids is 1. The predicted molar refractivity (Wildman–Crippen MR) is 128 cm³/mol. The smallest absolute Gasteiger partial charge is 0.308 e. The van der Waals surface area contributed by atoms with Crippen molar-refractivity contribution in [3.8, 4) is 0 Å². The van der Waals surface area contributed by atoms with Gasteiger partial charge in [0.1, 0.15) is 10.3 Å². The zero-order valence-corrected chi connectivity index (χ0v) is 21.0. The summed E-state index contributed by atoms with van der Waals surface area (Å²) in [5.41, 5.74) is 0.912. The van der Waals surface area contributed by atoms with Crippen molar-refractivity contribution in [2.75, 3.05) is 19.6 Å². The van der Waals surface area contributed by atoms with Gasteiger partial charge in [0.15, 0.2) is 0 Å². The Balaban J connectivity index is 1.95. The molecular weight excluding hydrogens is 478 g/mol. The third-order valence-corrected chi connectivity index (χ3v) is 9.15. The van der Waals surface area contributed by atoms with E-state index in [9.17, 15) is 22.8 Å². The molecule has 184 valence electrons. The number of nitrogens with zero attached hydrogens (tertiary/aromatic N) is 3. The molecule has 0 aliphatic carbocycles. The van der Waals surface area contributed by atoms with E-state index in [4.69, 9.17) is 5.11 Å². The van der Waals surface area contributed by atoms with E-state index >= 15 is 0 Å². The number of benzene rings is 1. The Bertz CT molecular complexity index is 1150. The molecule has 0 spiro atoms. The fraction of sp³-hybridized carbons (Fsp3) is 0.435. The van der Waals surface area contributed by atoms with Gasteiger partial charge in [0.2, 0.25) is 11.8 Å². The first-order chi connectivity index (χ1) is 16.0. The Labute approximate surface area is 203 Å². The van der Waals surface area contributed by atoms with Crippen LogP contribution < -0.4 is 0 Å². The fourth-order valence-electron chi connectivity index (χ4n) is 3.88. The summed E-state index contributed by atoms with van der Waals surface area (Å²) in [6.45, 7) is 5.54. The number of carbonyl (C=O) groups is 3. The van der Waals surface area contributed by atoms with Gasteiger partial charge in [0.25, 0.3) is 10.0 Å². The molecule has 0 bridgehead atoms. The molecule has 1 aliphatic heterocycles. The summed E-state index contributed by atoms with van der Waals surface area (Å²) in [6.07, 6.45) is -0.279. The van der Waals surface area contributed by atoms with Gasteiger partial charge in [-0.2, -0.15) is 4.31 Å². The normalized spacial score (nSPS) is 17.1. The van der Waals surface area contributed by atoms with E-state index in [2.05, 4.69) is 0 Å². The number of carboxylic acids is 1. The Kier molecular flexibility index (Phi) is 8.11. The van der Waals surface area contributed by atoms with Crippen LogP contribution >= 0.6 is 11.3 Å². The van der Waals surface area contributed by atoms with Gasteiger partial charge in [-0.05, 0) is 31.5 Å². The van der Waals surface area contributed by atoms with Gasteiger partial charge in [0, 0.05) is 44.0 Å². The van der Waals surface area contributed by atoms with Crippen LogP contribution in [0.1, 0.15) is 31.2 Å². The zero-order chi connectivity index (χ0) is 25.0. The number of thiophene rings is 1. The van der Waals surface area contributed by atoms with Gasteiger partial charge in [-0.1, -0.05) is 30.3 Å². The van der Waals surface area contributed by atoms with Crippen molar-refractivity contribution in [3.63, 3.8) is 0 Å². The second-order valence-electron chi connectivity index (χ2n) is 8.43. The van der Waals surface area contributed by atoms with Crippen molar-refractivity contribution >= 4 is 39.1 Å². The molecule has 1 aromatic heterocycles. The summed E-state index contributed by atoms with van der Waals surface area (Å²) in [5, 5.41) is 9.02. The molecule has 0 saturated carbocycles. The molecule has 3 rings (SSSR count). The number of carboxylic acid groups (broad SMARTS) is 1. The molecule has 1 saturated heterocycles. The van der Waals surface area contributed by atoms with Crippen LogP contribution in [0.4, 0.5) is 0 Å². The maximum Gasteiger partial charge on any atom is 0.308 e. The monoisotopic (exact) mass is 507 g/mol. The van der Waals surface area contributed by atoms with Crippen molar-refractivity contribution in [2.45, 2.75) is 50.0 Å². The van der Waals surface area contributed by atoms with Crippen molar-refractivity contribution in [3.05, 3.63) is 52.9 Å². The molecule has 1 unspecified atom stereocenters. The van der Waals surface area contributed by atoms with E-state index in [1.54, 1.807) is 4.90 Å². The lowest BCUT2D eigenvalue weighted by molar-refractivity contribution is -0.142. The number of hydrogen-bond acceptors (Lipinski definition) is 6. The summed E-state index contributed by atoms with van der Waals surface area (Å²) < 4.78 is 28.2. The van der Waals surface area contributed by atoms with Crippen molar-refractivity contribution in [1.82, 2.24) is 14.1 Å². The van der Waals surface area contributed by atoms with Gasteiger partial charge in [-0.15, -0.1) is 11.3 Å². The van der Waals surface area contributed by atoms with Crippen LogP contribution in [-0.4, -0.2) is 77.1 Å². The third kappa shape index (κ3) is 5.83. The quantitative estimate of drug-likeness (QED) is 0.585. The maximum absolute atomic E-state index is 13.8. The molecule has 34 heavy (non-hydrogen) atoms. The first-order valence-electron chi connectivity index (χ1n) is 10.9. The molecule has 0 radical (unpaired) electrons. The highest BCUT2D eigenvalue weighted by molar-refractivity contribution is 7.91. The van der Waals surface area contributed by atoms with Crippen LogP contribution in [0.15, 0.2) is 46.7 Å². The average molecular weight is 508 g/mol. The van der Waals surface area contributed by atoms with E-state index < -0.39 is 22.0 Å². The van der Waals surface area contributed by atoms with Gasteiger partial charge in [0.05, 0.1) is 6.42 Å². The number of sulfonamides is 1. The lowest BCUT2D eigenvalue weighted by Gasteiger charge is -2.41. The Morgan fingerprint density at radius 2 is 1.79 bits per heavy atom. The summed E-state index contributed by atoms with van der Waals surface area (Å²) in [7, 11) is -4.08. The van der Waals surface area contributed by atoms with Gasteiger partial charge >= 0.3 is 5.97 Å². The van der Waals surface area contributed by atoms with Gasteiger partial charge < -0.3 is 14.9 Å². The highest BCUT2D eigenvalue weighted by Gasteiger charge is 2.43. The van der Waals surface area contributed by atoms with Crippen LogP contribution in [0.5, 0.6) is 0 Å². The minimum absolute atomic E-state index is 0.0167. The maximum atomic E-state index is 13.8. The molecule has 1 atom stereocenters. The summed E-state index contributed by atoms with van der Waals surface area (Å²) in [4.78, 5) is 40.4. The Morgan fingerprint density at radius 3 is 2.38 bits per heavy atom. The highest BCUT2D eigenvalue weighted by Crippen LogP contribution is 2.29. The molecule has 2 amide bonds. The average Bonchev–Trinajstić information content (AvgIpc) is 3.25. The first-order valence-corrected chi connectivity index (χ1v) is 13.2. The lowest BCUT2D eigenvalue weighted by Crippen LogP contribution is -2.62. The molecule has 1 fully saturated rings. The fourth-order valence-corrected chi connectivity index (χ4v) is 6.92. The number of amides is 2. The molecule has 1 N–H and O–H groups in total. The van der Waals surface area contributed by atoms with Crippen molar-refractivity contribution in [1.29, 1.82) is 0 Å². The minimum atomic E-state index is -4.08. The minimum Gasteiger partial charge on any atom is -0.481 e. The molecule has 11 heteroatoms. The molecule has 2 aromatic rings. The Morgan fingerprint density at radius 1 is 1.12 bits per heavy atom. The second-order valence-corrected chi connectivity index (χ2v) is 11.7. The second kappa shape index (κ2) is 10.7. The molecule has 9 nitrogen and oxygen atoms in total. The van der Waals surface area contributed by atoms with E-state index in [-0.39, 0.29) is 48.1 Å². The third-order valence-electron chi connectivity index (χ3n) is 5.69. The lowest BCUT2D eigenvalue weighted by atomic mass is 10.1. The number of hydrogen-bond donors (Lipinski definition) is 1. The van der Waals surface area contributed by atoms with Crippen molar-refractivity contribution in [2.24, 2.45) is 0 Å². The van der Waals surface area contributed by atoms with Crippen LogP contribution in [0.25, 0.3) is 0 Å². The summed E-state index contributed by atoms with van der Waals surface area (Å²) in [5.74, 6) is -1.66.